The maximum atomic E-state index is 12.6. The zero-order chi connectivity index (χ0) is 16.9. The highest BCUT2D eigenvalue weighted by atomic mass is 19.1. The van der Waals surface area contributed by atoms with E-state index >= 15 is 0 Å². The molecule has 3 aromatic rings. The Morgan fingerprint density at radius 3 is 2.54 bits per heavy atom. The lowest BCUT2D eigenvalue weighted by Gasteiger charge is -2.05. The first-order valence-electron chi connectivity index (χ1n) is 6.66. The second-order valence-corrected chi connectivity index (χ2v) is 4.50. The number of ether oxygens (including phenoxy) is 1. The first kappa shape index (κ1) is 15.5. The van der Waals surface area contributed by atoms with Gasteiger partial charge in [0.05, 0.1) is 12.4 Å². The van der Waals surface area contributed by atoms with Gasteiger partial charge in [0, 0.05) is 5.56 Å². The maximum Gasteiger partial charge on any atom is 0.244 e. The smallest absolute Gasteiger partial charge is 0.244 e. The summed E-state index contributed by atoms with van der Waals surface area (Å²) in [5.74, 6) is 5.40. The lowest BCUT2D eigenvalue weighted by Crippen LogP contribution is -1.98. The molecule has 3 rings (SSSR count). The molecule has 0 unspecified atom stereocenters. The van der Waals surface area contributed by atoms with Crippen molar-refractivity contribution in [3.63, 3.8) is 0 Å². The Morgan fingerprint density at radius 1 is 1.08 bits per heavy atom. The van der Waals surface area contributed by atoms with E-state index in [-0.39, 0.29) is 11.6 Å². The summed E-state index contributed by atoms with van der Waals surface area (Å²) in [5, 5.41) is 27.6. The van der Waals surface area contributed by atoms with Crippen LogP contribution in [0.4, 0.5) is 4.39 Å². The molecule has 0 radical (unpaired) electrons. The van der Waals surface area contributed by atoms with E-state index in [1.165, 1.54) is 6.20 Å². The van der Waals surface area contributed by atoms with E-state index < -0.39 is 12.2 Å². The minimum absolute atomic E-state index is 0.0328. The molecule has 1 aromatic carbocycles. The Morgan fingerprint density at radius 2 is 1.88 bits per heavy atom. The molecule has 9 heteroatoms. The number of aliphatic hydroxyl groups excluding tert-OH is 1. The van der Waals surface area contributed by atoms with Crippen LogP contribution in [0.1, 0.15) is 23.2 Å². The number of aliphatic hydroxyl groups is 2. The van der Waals surface area contributed by atoms with Crippen molar-refractivity contribution in [2.75, 3.05) is 0 Å². The molecule has 0 aliphatic rings. The van der Waals surface area contributed by atoms with Crippen molar-refractivity contribution < 1.29 is 19.3 Å². The van der Waals surface area contributed by atoms with Crippen LogP contribution in [0.2, 0.25) is 0 Å². The van der Waals surface area contributed by atoms with Gasteiger partial charge in [0.15, 0.2) is 5.69 Å². The van der Waals surface area contributed by atoms with Crippen LogP contribution in [-0.2, 0) is 0 Å². The molecule has 0 spiro atoms. The van der Waals surface area contributed by atoms with Gasteiger partial charge in [0.25, 0.3) is 0 Å². The summed E-state index contributed by atoms with van der Waals surface area (Å²) in [6.07, 6.45) is 0.444. The largest absolute Gasteiger partial charge is 0.437 e. The lowest BCUT2D eigenvalue weighted by molar-refractivity contribution is -0.0470. The van der Waals surface area contributed by atoms with Gasteiger partial charge in [-0.05, 0) is 30.2 Å². The molecular formula is C15H10FN5O3. The minimum atomic E-state index is -1.79. The van der Waals surface area contributed by atoms with E-state index in [1.54, 1.807) is 24.3 Å². The Bertz CT molecular complexity index is 882. The predicted molar refractivity (Wildman–Crippen MR) is 78.0 cm³/mol. The second kappa shape index (κ2) is 6.82. The fraction of sp³-hybridized carbons (Fsp3) is 0.0667. The maximum absolute atomic E-state index is 12.6. The average molecular weight is 327 g/mol. The summed E-state index contributed by atoms with van der Waals surface area (Å²) < 4.78 is 18.1. The number of nitrogens with one attached hydrogen (secondary N) is 1. The number of aromatic nitrogens is 5. The van der Waals surface area contributed by atoms with Gasteiger partial charge in [-0.25, -0.2) is 15.1 Å². The van der Waals surface area contributed by atoms with E-state index in [9.17, 15) is 4.39 Å². The second-order valence-electron chi connectivity index (χ2n) is 4.50. The normalized spacial score (nSPS) is 10.3. The summed E-state index contributed by atoms with van der Waals surface area (Å²) in [4.78, 5) is 7.25. The highest BCUT2D eigenvalue weighted by Gasteiger charge is 2.15. The topological polar surface area (TPSA) is 117 Å². The molecule has 0 saturated carbocycles. The molecule has 24 heavy (non-hydrogen) atoms. The highest BCUT2D eigenvalue weighted by Crippen LogP contribution is 2.24. The van der Waals surface area contributed by atoms with Crippen LogP contribution in [0, 0.1) is 17.8 Å². The fourth-order valence-electron chi connectivity index (χ4n) is 1.71. The van der Waals surface area contributed by atoms with E-state index in [0.29, 0.717) is 17.0 Å². The molecule has 0 bridgehead atoms. The van der Waals surface area contributed by atoms with Gasteiger partial charge in [-0.15, -0.1) is 5.10 Å². The molecule has 3 N–H and O–H groups in total. The van der Waals surface area contributed by atoms with Crippen LogP contribution in [0.25, 0.3) is 0 Å². The Balaban J connectivity index is 1.72. The van der Waals surface area contributed by atoms with Gasteiger partial charge in [0.1, 0.15) is 11.4 Å². The lowest BCUT2D eigenvalue weighted by atomic mass is 10.2. The summed E-state index contributed by atoms with van der Waals surface area (Å²) >= 11 is 0. The number of aromatic amines is 1. The molecule has 2 aromatic heterocycles. The monoisotopic (exact) mass is 327 g/mol. The van der Waals surface area contributed by atoms with Gasteiger partial charge >= 0.3 is 0 Å². The molecule has 120 valence electrons. The van der Waals surface area contributed by atoms with Crippen LogP contribution >= 0.6 is 0 Å². The summed E-state index contributed by atoms with van der Waals surface area (Å²) in [6.45, 7) is 0. The molecule has 0 aliphatic heterocycles. The molecule has 0 atom stereocenters. The number of halogens is 1. The predicted octanol–water partition coefficient (Wildman–Crippen LogP) is 0.909. The van der Waals surface area contributed by atoms with Crippen LogP contribution in [-0.4, -0.2) is 35.6 Å². The molecule has 0 fully saturated rings. The molecule has 0 aliphatic carbocycles. The zero-order valence-electron chi connectivity index (χ0n) is 12.0. The number of hydrogen-bond acceptors (Lipinski definition) is 7. The molecule has 8 nitrogen and oxygen atoms in total. The van der Waals surface area contributed by atoms with Crippen molar-refractivity contribution in [3.05, 3.63) is 59.6 Å². The van der Waals surface area contributed by atoms with Crippen molar-refractivity contribution in [2.45, 2.75) is 6.29 Å². The molecule has 2 heterocycles. The van der Waals surface area contributed by atoms with Gasteiger partial charge in [-0.2, -0.15) is 4.39 Å². The number of hydrogen-bond donors (Lipinski definition) is 3. The third-order valence-electron chi connectivity index (χ3n) is 2.82. The Labute approximate surface area is 135 Å². The SMILES string of the molecule is OC(O)c1nn[nH]c1Oc1ccc(C#Cc2cnc(F)cn2)cc1. The highest BCUT2D eigenvalue weighted by molar-refractivity contribution is 5.42. The third-order valence-corrected chi connectivity index (χ3v) is 2.82. The van der Waals surface area contributed by atoms with Crippen LogP contribution in [0.15, 0.2) is 36.7 Å². The van der Waals surface area contributed by atoms with Gasteiger partial charge in [-0.1, -0.05) is 11.1 Å². The van der Waals surface area contributed by atoms with Crippen LogP contribution in [0.3, 0.4) is 0 Å². The van der Waals surface area contributed by atoms with Gasteiger partial charge < -0.3 is 14.9 Å². The van der Waals surface area contributed by atoms with Gasteiger partial charge in [0.2, 0.25) is 18.1 Å². The fourth-order valence-corrected chi connectivity index (χ4v) is 1.71. The quantitative estimate of drug-likeness (QED) is 0.483. The first-order chi connectivity index (χ1) is 11.6. The molecule has 0 amide bonds. The zero-order valence-corrected chi connectivity index (χ0v) is 12.0. The number of nitrogens with zero attached hydrogens (tertiary/aromatic N) is 4. The van der Waals surface area contributed by atoms with Crippen molar-refractivity contribution in [1.29, 1.82) is 0 Å². The number of rotatable bonds is 3. The van der Waals surface area contributed by atoms with Crippen molar-refractivity contribution in [1.82, 2.24) is 25.4 Å². The molecule has 0 saturated heterocycles. The number of H-pyrrole nitrogens is 1. The van der Waals surface area contributed by atoms with E-state index in [4.69, 9.17) is 14.9 Å². The Hall–Kier alpha value is -3.35. The number of benzene rings is 1. The first-order valence-corrected chi connectivity index (χ1v) is 6.66. The Kier molecular flexibility index (Phi) is 4.42. The van der Waals surface area contributed by atoms with E-state index in [0.717, 1.165) is 6.20 Å². The van der Waals surface area contributed by atoms with E-state index in [2.05, 4.69) is 37.2 Å². The standard InChI is InChI=1S/C15H10FN5O3/c16-12-8-17-10(7-18-12)4-1-9-2-5-11(6-3-9)24-14-13(15(22)23)19-21-20-14/h2-3,5-8,15,22-23H,(H,19,20,21). The minimum Gasteiger partial charge on any atom is -0.437 e. The van der Waals surface area contributed by atoms with Crippen LogP contribution < -0.4 is 4.74 Å². The average Bonchev–Trinajstić information content (AvgIpc) is 3.04. The summed E-state index contributed by atoms with van der Waals surface area (Å²) in [5.41, 5.74) is 0.911. The van der Waals surface area contributed by atoms with Crippen molar-refractivity contribution in [2.24, 2.45) is 0 Å². The summed E-state index contributed by atoms with van der Waals surface area (Å²) in [6, 6.07) is 6.65. The third kappa shape index (κ3) is 3.70. The van der Waals surface area contributed by atoms with E-state index in [1.807, 2.05) is 0 Å². The van der Waals surface area contributed by atoms with Crippen molar-refractivity contribution in [3.8, 4) is 23.5 Å². The summed E-state index contributed by atoms with van der Waals surface area (Å²) in [7, 11) is 0. The van der Waals surface area contributed by atoms with Crippen molar-refractivity contribution >= 4 is 0 Å². The van der Waals surface area contributed by atoms with Crippen LogP contribution in [0.5, 0.6) is 11.6 Å². The molecular weight excluding hydrogens is 317 g/mol. The van der Waals surface area contributed by atoms with Gasteiger partial charge in [-0.3, -0.25) is 0 Å².